The number of halogens is 1. The summed E-state index contributed by atoms with van der Waals surface area (Å²) in [5.41, 5.74) is 0. The summed E-state index contributed by atoms with van der Waals surface area (Å²) in [5.74, 6) is 0.526. The van der Waals surface area contributed by atoms with Crippen LogP contribution >= 0.6 is 15.9 Å². The number of hydrogen-bond acceptors (Lipinski definition) is 3. The summed E-state index contributed by atoms with van der Waals surface area (Å²) in [6.07, 6.45) is 0.949. The molecule has 0 spiro atoms. The van der Waals surface area contributed by atoms with E-state index in [9.17, 15) is 8.42 Å². The Balaban J connectivity index is 2.61. The van der Waals surface area contributed by atoms with Gasteiger partial charge in [-0.15, -0.1) is 0 Å². The molecule has 0 bridgehead atoms. The van der Waals surface area contributed by atoms with Crippen molar-refractivity contribution >= 4 is 26.0 Å². The van der Waals surface area contributed by atoms with E-state index in [0.29, 0.717) is 31.0 Å². The first-order valence-corrected chi connectivity index (χ1v) is 8.39. The van der Waals surface area contributed by atoms with Gasteiger partial charge >= 0.3 is 0 Å². The van der Waals surface area contributed by atoms with Crippen LogP contribution in [0.2, 0.25) is 0 Å². The van der Waals surface area contributed by atoms with E-state index in [2.05, 4.69) is 22.9 Å². The van der Waals surface area contributed by atoms with E-state index in [4.69, 9.17) is 4.74 Å². The Morgan fingerprint density at radius 1 is 1.50 bits per heavy atom. The Kier molecular flexibility index (Phi) is 5.70. The Hall–Kier alpha value is 0.350. The summed E-state index contributed by atoms with van der Waals surface area (Å²) < 4.78 is 30.8. The van der Waals surface area contributed by atoms with Gasteiger partial charge in [-0.3, -0.25) is 0 Å². The molecule has 16 heavy (non-hydrogen) atoms. The Morgan fingerprint density at radius 2 is 2.19 bits per heavy atom. The molecule has 1 aliphatic rings. The minimum absolute atomic E-state index is 0.0943. The maximum atomic E-state index is 12.0. The van der Waals surface area contributed by atoms with E-state index in [1.807, 2.05) is 6.92 Å². The first-order valence-electron chi connectivity index (χ1n) is 5.66. The fraction of sp³-hybridized carbons (Fsp3) is 1.00. The molecule has 2 atom stereocenters. The largest absolute Gasteiger partial charge is 0.381 e. The molecule has 0 aromatic rings. The van der Waals surface area contributed by atoms with E-state index >= 15 is 0 Å². The van der Waals surface area contributed by atoms with Crippen LogP contribution < -0.4 is 0 Å². The number of alkyl halides is 1. The van der Waals surface area contributed by atoms with Gasteiger partial charge in [-0.05, 0) is 19.3 Å². The predicted octanol–water partition coefficient (Wildman–Crippen LogP) is 1.46. The molecular weight excluding hydrogens is 294 g/mol. The Bertz CT molecular complexity index is 307. The quantitative estimate of drug-likeness (QED) is 0.551. The molecule has 2 unspecified atom stereocenters. The fourth-order valence-electron chi connectivity index (χ4n) is 1.97. The Labute approximate surface area is 107 Å². The highest BCUT2D eigenvalue weighted by atomic mass is 79.9. The lowest BCUT2D eigenvalue weighted by Crippen LogP contribution is -2.40. The van der Waals surface area contributed by atoms with Crippen molar-refractivity contribution in [2.45, 2.75) is 26.3 Å². The van der Waals surface area contributed by atoms with Crippen molar-refractivity contribution in [1.82, 2.24) is 4.31 Å². The first kappa shape index (κ1) is 14.4. The molecule has 0 amide bonds. The van der Waals surface area contributed by atoms with Gasteiger partial charge in [-0.1, -0.05) is 22.9 Å². The minimum Gasteiger partial charge on any atom is -0.381 e. The average molecular weight is 314 g/mol. The van der Waals surface area contributed by atoms with Gasteiger partial charge in [0, 0.05) is 24.5 Å². The zero-order valence-corrected chi connectivity index (χ0v) is 12.3. The number of rotatable bonds is 6. The highest BCUT2D eigenvalue weighted by Gasteiger charge is 2.37. The molecule has 0 saturated carbocycles. The van der Waals surface area contributed by atoms with Crippen molar-refractivity contribution in [3.63, 3.8) is 0 Å². The zero-order chi connectivity index (χ0) is 12.2. The van der Waals surface area contributed by atoms with Gasteiger partial charge in [0.1, 0.15) is 0 Å². The number of nitrogens with zero attached hydrogens (tertiary/aromatic N) is 1. The van der Waals surface area contributed by atoms with Crippen molar-refractivity contribution in [1.29, 1.82) is 0 Å². The molecule has 1 aliphatic heterocycles. The molecular formula is C10H20BrNO3S. The van der Waals surface area contributed by atoms with Crippen LogP contribution in [0.4, 0.5) is 0 Å². The monoisotopic (exact) mass is 313 g/mol. The first-order chi connectivity index (χ1) is 7.53. The molecule has 0 radical (unpaired) electrons. The SMILES string of the molecule is CCOCCS(=O)(=O)N1CCC(C)C1CBr. The van der Waals surface area contributed by atoms with E-state index in [1.165, 1.54) is 0 Å². The van der Waals surface area contributed by atoms with E-state index < -0.39 is 10.0 Å². The van der Waals surface area contributed by atoms with Crippen molar-refractivity contribution in [3.8, 4) is 0 Å². The molecule has 4 nitrogen and oxygen atoms in total. The smallest absolute Gasteiger partial charge is 0.216 e. The van der Waals surface area contributed by atoms with E-state index in [0.717, 1.165) is 6.42 Å². The normalized spacial score (nSPS) is 27.4. The average Bonchev–Trinajstić information content (AvgIpc) is 2.60. The van der Waals surface area contributed by atoms with E-state index in [-0.39, 0.29) is 11.8 Å². The van der Waals surface area contributed by atoms with Gasteiger partial charge in [0.25, 0.3) is 0 Å². The molecule has 96 valence electrons. The van der Waals surface area contributed by atoms with Crippen LogP contribution in [0.3, 0.4) is 0 Å². The molecule has 6 heteroatoms. The van der Waals surface area contributed by atoms with Crippen molar-refractivity contribution in [2.24, 2.45) is 5.92 Å². The molecule has 0 N–H and O–H groups in total. The highest BCUT2D eigenvalue weighted by molar-refractivity contribution is 9.09. The highest BCUT2D eigenvalue weighted by Crippen LogP contribution is 2.28. The molecule has 1 fully saturated rings. The topological polar surface area (TPSA) is 46.6 Å². The second-order valence-electron chi connectivity index (χ2n) is 4.11. The van der Waals surface area contributed by atoms with Gasteiger partial charge in [0.15, 0.2) is 0 Å². The third kappa shape index (κ3) is 3.42. The third-order valence-corrected chi connectivity index (χ3v) is 5.55. The standard InChI is InChI=1S/C10H20BrNO3S/c1-3-15-6-7-16(13,14)12-5-4-9(2)10(12)8-11/h9-10H,3-8H2,1-2H3. The van der Waals surface area contributed by atoms with Crippen LogP contribution in [0, 0.1) is 5.92 Å². The van der Waals surface area contributed by atoms with Gasteiger partial charge in [-0.25, -0.2) is 8.42 Å². The van der Waals surface area contributed by atoms with Crippen LogP contribution in [-0.4, -0.2) is 49.6 Å². The summed E-state index contributed by atoms with van der Waals surface area (Å²) in [4.78, 5) is 0. The maximum absolute atomic E-state index is 12.0. The lowest BCUT2D eigenvalue weighted by Gasteiger charge is -2.24. The lowest BCUT2D eigenvalue weighted by atomic mass is 10.1. The predicted molar refractivity (Wildman–Crippen MR) is 68.3 cm³/mol. The second kappa shape index (κ2) is 6.33. The molecule has 1 saturated heterocycles. The van der Waals surface area contributed by atoms with Crippen molar-refractivity contribution in [3.05, 3.63) is 0 Å². The molecule has 0 aromatic carbocycles. The molecule has 1 heterocycles. The number of hydrogen-bond donors (Lipinski definition) is 0. The third-order valence-electron chi connectivity index (χ3n) is 3.04. The van der Waals surface area contributed by atoms with Crippen molar-refractivity contribution < 1.29 is 13.2 Å². The van der Waals surface area contributed by atoms with Crippen LogP contribution in [-0.2, 0) is 14.8 Å². The summed E-state index contributed by atoms with van der Waals surface area (Å²) in [6, 6.07) is 0.103. The van der Waals surface area contributed by atoms with E-state index in [1.54, 1.807) is 4.31 Å². The Morgan fingerprint density at radius 3 is 2.75 bits per heavy atom. The molecule has 0 aromatic heterocycles. The minimum atomic E-state index is -3.15. The summed E-state index contributed by atoms with van der Waals surface area (Å²) in [6.45, 7) is 5.47. The zero-order valence-electron chi connectivity index (χ0n) is 9.86. The van der Waals surface area contributed by atoms with Crippen LogP contribution in [0.1, 0.15) is 20.3 Å². The lowest BCUT2D eigenvalue weighted by molar-refractivity contribution is 0.162. The van der Waals surface area contributed by atoms with Crippen LogP contribution in [0.15, 0.2) is 0 Å². The van der Waals surface area contributed by atoms with Gasteiger partial charge < -0.3 is 4.74 Å². The number of sulfonamides is 1. The maximum Gasteiger partial charge on any atom is 0.216 e. The van der Waals surface area contributed by atoms with Crippen LogP contribution in [0.5, 0.6) is 0 Å². The molecule has 1 rings (SSSR count). The summed E-state index contributed by atoms with van der Waals surface area (Å²) in [5, 5.41) is 0.710. The summed E-state index contributed by atoms with van der Waals surface area (Å²) >= 11 is 3.39. The fourth-order valence-corrected chi connectivity index (χ4v) is 4.79. The van der Waals surface area contributed by atoms with Gasteiger partial charge in [0.2, 0.25) is 10.0 Å². The molecule has 0 aliphatic carbocycles. The van der Waals surface area contributed by atoms with Crippen molar-refractivity contribution in [2.75, 3.05) is 30.8 Å². The number of ether oxygens (including phenoxy) is 1. The summed E-state index contributed by atoms with van der Waals surface area (Å²) in [7, 11) is -3.15. The van der Waals surface area contributed by atoms with Crippen LogP contribution in [0.25, 0.3) is 0 Å². The van der Waals surface area contributed by atoms with Gasteiger partial charge in [-0.2, -0.15) is 4.31 Å². The second-order valence-corrected chi connectivity index (χ2v) is 6.80. The van der Waals surface area contributed by atoms with Gasteiger partial charge in [0.05, 0.1) is 12.4 Å².